The predicted octanol–water partition coefficient (Wildman–Crippen LogP) is 4.92. The number of pyridine rings is 1. The van der Waals surface area contributed by atoms with Crippen molar-refractivity contribution < 1.29 is 4.79 Å². The van der Waals surface area contributed by atoms with E-state index in [1.54, 1.807) is 0 Å². The van der Waals surface area contributed by atoms with Crippen LogP contribution >= 0.6 is 0 Å². The lowest BCUT2D eigenvalue weighted by atomic mass is 9.96. The summed E-state index contributed by atoms with van der Waals surface area (Å²) in [5.74, 6) is 0.607. The number of hydrogen-bond donors (Lipinski definition) is 0. The lowest BCUT2D eigenvalue weighted by Gasteiger charge is -2.11. The van der Waals surface area contributed by atoms with Crippen LogP contribution in [0, 0.1) is 19.8 Å². The van der Waals surface area contributed by atoms with Gasteiger partial charge in [0.15, 0.2) is 0 Å². The Labute approximate surface area is 148 Å². The molecule has 3 heteroatoms. The summed E-state index contributed by atoms with van der Waals surface area (Å²) in [6.07, 6.45) is 7.05. The van der Waals surface area contributed by atoms with Crippen LogP contribution in [0.1, 0.15) is 42.5 Å². The first kappa shape index (κ1) is 16.1. The van der Waals surface area contributed by atoms with E-state index >= 15 is 0 Å². The number of Topliss-reactive ketones (excluding diaryl/α,β-unsaturated/α-hetero) is 1. The van der Waals surface area contributed by atoms with Gasteiger partial charge in [0.2, 0.25) is 0 Å². The maximum absolute atomic E-state index is 12.9. The highest BCUT2D eigenvalue weighted by Crippen LogP contribution is 2.31. The average molecular weight is 332 g/mol. The number of aromatic nitrogens is 2. The second kappa shape index (κ2) is 6.47. The maximum atomic E-state index is 12.9. The van der Waals surface area contributed by atoms with Crippen molar-refractivity contribution in [2.75, 3.05) is 0 Å². The molecule has 0 spiro atoms. The standard InChI is InChI=1S/C22H24N2O/c1-15-11-12-21-23-22(18-10-6-3-7-16(18)2)19(24(21)14-15)13-20(25)17-8-4-5-9-17/h3,6-7,10-12,14,17H,4-5,8-9,13H2,1-2H3. The van der Waals surface area contributed by atoms with E-state index in [1.165, 1.54) is 24.0 Å². The lowest BCUT2D eigenvalue weighted by Crippen LogP contribution is -2.15. The fourth-order valence-electron chi connectivity index (χ4n) is 3.98. The van der Waals surface area contributed by atoms with E-state index in [4.69, 9.17) is 4.98 Å². The molecule has 2 heterocycles. The van der Waals surface area contributed by atoms with Crippen molar-refractivity contribution in [1.29, 1.82) is 0 Å². The Morgan fingerprint density at radius 1 is 1.12 bits per heavy atom. The zero-order valence-corrected chi connectivity index (χ0v) is 15.0. The van der Waals surface area contributed by atoms with Gasteiger partial charge >= 0.3 is 0 Å². The average Bonchev–Trinajstić information content (AvgIpc) is 3.24. The normalized spacial score (nSPS) is 15.1. The molecule has 0 N–H and O–H groups in total. The minimum Gasteiger partial charge on any atom is -0.303 e. The second-order valence-electron chi connectivity index (χ2n) is 7.28. The van der Waals surface area contributed by atoms with Crippen LogP contribution in [0.15, 0.2) is 42.6 Å². The Morgan fingerprint density at radius 2 is 1.88 bits per heavy atom. The monoisotopic (exact) mass is 332 g/mol. The van der Waals surface area contributed by atoms with Crippen LogP contribution in [-0.2, 0) is 11.2 Å². The van der Waals surface area contributed by atoms with Crippen LogP contribution in [0.4, 0.5) is 0 Å². The zero-order chi connectivity index (χ0) is 17.4. The van der Waals surface area contributed by atoms with Crippen LogP contribution in [0.2, 0.25) is 0 Å². The Bertz CT molecular complexity index is 932. The molecule has 1 aliphatic rings. The van der Waals surface area contributed by atoms with Gasteiger partial charge in [-0.25, -0.2) is 4.98 Å². The van der Waals surface area contributed by atoms with Crippen molar-refractivity contribution >= 4 is 11.4 Å². The summed E-state index contributed by atoms with van der Waals surface area (Å²) < 4.78 is 2.12. The zero-order valence-electron chi connectivity index (χ0n) is 15.0. The molecule has 4 rings (SSSR count). The number of nitrogens with zero attached hydrogens (tertiary/aromatic N) is 2. The molecule has 0 radical (unpaired) electrons. The number of carbonyl (C=O) groups is 1. The fraction of sp³-hybridized carbons (Fsp3) is 0.364. The molecule has 25 heavy (non-hydrogen) atoms. The summed E-state index contributed by atoms with van der Waals surface area (Å²) in [7, 11) is 0. The number of fused-ring (bicyclic) bond motifs is 1. The van der Waals surface area contributed by atoms with Gasteiger partial charge in [0.05, 0.1) is 11.4 Å². The number of rotatable bonds is 4. The first-order valence-corrected chi connectivity index (χ1v) is 9.20. The van der Waals surface area contributed by atoms with Gasteiger partial charge in [-0.2, -0.15) is 0 Å². The molecule has 0 aliphatic heterocycles. The van der Waals surface area contributed by atoms with Crippen molar-refractivity contribution in [3.8, 4) is 11.3 Å². The number of carbonyl (C=O) groups excluding carboxylic acids is 1. The molecule has 1 aliphatic carbocycles. The summed E-state index contributed by atoms with van der Waals surface area (Å²) in [6.45, 7) is 4.18. The van der Waals surface area contributed by atoms with Gasteiger partial charge in [0, 0.05) is 24.1 Å². The van der Waals surface area contributed by atoms with Gasteiger partial charge in [-0.15, -0.1) is 0 Å². The van der Waals surface area contributed by atoms with Gasteiger partial charge in [-0.1, -0.05) is 43.2 Å². The predicted molar refractivity (Wildman–Crippen MR) is 101 cm³/mol. The first-order valence-electron chi connectivity index (χ1n) is 9.20. The van der Waals surface area contributed by atoms with Gasteiger partial charge < -0.3 is 4.40 Å². The van der Waals surface area contributed by atoms with E-state index < -0.39 is 0 Å². The Kier molecular flexibility index (Phi) is 4.16. The lowest BCUT2D eigenvalue weighted by molar-refractivity contribution is -0.122. The molecule has 2 aromatic heterocycles. The number of benzene rings is 1. The summed E-state index contributed by atoms with van der Waals surface area (Å²) in [6, 6.07) is 12.4. The largest absolute Gasteiger partial charge is 0.303 e. The molecule has 3 aromatic rings. The van der Waals surface area contributed by atoms with E-state index in [1.807, 2.05) is 18.2 Å². The number of imidazole rings is 1. The molecule has 0 bridgehead atoms. The minimum absolute atomic E-state index is 0.236. The number of aryl methyl sites for hydroxylation is 2. The molecule has 0 atom stereocenters. The van der Waals surface area contributed by atoms with Crippen LogP contribution in [-0.4, -0.2) is 15.2 Å². The molecule has 1 fully saturated rings. The van der Waals surface area contributed by atoms with Crippen molar-refractivity contribution in [1.82, 2.24) is 9.38 Å². The van der Waals surface area contributed by atoms with Gasteiger partial charge in [-0.05, 0) is 43.9 Å². The Hall–Kier alpha value is -2.42. The van der Waals surface area contributed by atoms with Crippen LogP contribution in [0.3, 0.4) is 0 Å². The van der Waals surface area contributed by atoms with E-state index in [2.05, 4.69) is 42.6 Å². The number of hydrogen-bond acceptors (Lipinski definition) is 2. The third-order valence-corrected chi connectivity index (χ3v) is 5.42. The SMILES string of the molecule is Cc1ccc2nc(-c3ccccc3C)c(CC(=O)C3CCCC3)n2c1. The summed E-state index contributed by atoms with van der Waals surface area (Å²) >= 11 is 0. The molecule has 0 unspecified atom stereocenters. The molecule has 3 nitrogen and oxygen atoms in total. The Morgan fingerprint density at radius 3 is 2.64 bits per heavy atom. The van der Waals surface area contributed by atoms with Crippen LogP contribution in [0.25, 0.3) is 16.9 Å². The smallest absolute Gasteiger partial charge is 0.141 e. The highest BCUT2D eigenvalue weighted by Gasteiger charge is 2.25. The van der Waals surface area contributed by atoms with Gasteiger partial charge in [-0.3, -0.25) is 4.79 Å². The molecular weight excluding hydrogens is 308 g/mol. The third-order valence-electron chi connectivity index (χ3n) is 5.42. The molecule has 1 saturated carbocycles. The van der Waals surface area contributed by atoms with Crippen molar-refractivity contribution in [2.24, 2.45) is 5.92 Å². The minimum atomic E-state index is 0.236. The molecule has 1 aromatic carbocycles. The van der Waals surface area contributed by atoms with E-state index in [0.29, 0.717) is 12.2 Å². The maximum Gasteiger partial charge on any atom is 0.141 e. The van der Waals surface area contributed by atoms with E-state index in [0.717, 1.165) is 35.4 Å². The van der Waals surface area contributed by atoms with E-state index in [-0.39, 0.29) is 5.92 Å². The van der Waals surface area contributed by atoms with Crippen LogP contribution < -0.4 is 0 Å². The van der Waals surface area contributed by atoms with Gasteiger partial charge in [0.1, 0.15) is 11.4 Å². The first-order chi connectivity index (χ1) is 12.1. The highest BCUT2D eigenvalue weighted by molar-refractivity contribution is 5.85. The summed E-state index contributed by atoms with van der Waals surface area (Å²) in [5, 5.41) is 0. The quantitative estimate of drug-likeness (QED) is 0.679. The van der Waals surface area contributed by atoms with Crippen molar-refractivity contribution in [3.63, 3.8) is 0 Å². The summed E-state index contributed by atoms with van der Waals surface area (Å²) in [4.78, 5) is 17.7. The van der Waals surface area contributed by atoms with Gasteiger partial charge in [0.25, 0.3) is 0 Å². The molecule has 128 valence electrons. The third kappa shape index (κ3) is 2.99. The summed E-state index contributed by atoms with van der Waals surface area (Å²) in [5.41, 5.74) is 6.39. The Balaban J connectivity index is 1.84. The second-order valence-corrected chi connectivity index (χ2v) is 7.28. The van der Waals surface area contributed by atoms with Crippen molar-refractivity contribution in [2.45, 2.75) is 46.0 Å². The van der Waals surface area contributed by atoms with E-state index in [9.17, 15) is 4.79 Å². The molecule has 0 amide bonds. The topological polar surface area (TPSA) is 34.4 Å². The van der Waals surface area contributed by atoms with Crippen molar-refractivity contribution in [3.05, 3.63) is 59.4 Å². The number of ketones is 1. The molecular formula is C22H24N2O. The fourth-order valence-corrected chi connectivity index (χ4v) is 3.98. The molecule has 0 saturated heterocycles. The van der Waals surface area contributed by atoms with Crippen LogP contribution in [0.5, 0.6) is 0 Å². The highest BCUT2D eigenvalue weighted by atomic mass is 16.1.